The van der Waals surface area contributed by atoms with Gasteiger partial charge in [-0.3, -0.25) is 9.18 Å². The highest BCUT2D eigenvalue weighted by molar-refractivity contribution is 6.31. The Kier molecular flexibility index (Phi) is 5.83. The fourth-order valence-electron chi connectivity index (χ4n) is 4.31. The van der Waals surface area contributed by atoms with Crippen LogP contribution < -0.4 is 10.6 Å². The highest BCUT2D eigenvalue weighted by Crippen LogP contribution is 2.52. The van der Waals surface area contributed by atoms with Crippen molar-refractivity contribution in [3.05, 3.63) is 63.9 Å². The van der Waals surface area contributed by atoms with Gasteiger partial charge in [-0.05, 0) is 49.1 Å². The van der Waals surface area contributed by atoms with Crippen LogP contribution >= 0.6 is 23.2 Å². The molecule has 1 heterocycles. The Morgan fingerprint density at radius 3 is 2.66 bits per heavy atom. The Bertz CT molecular complexity index is 919. The van der Waals surface area contributed by atoms with E-state index in [2.05, 4.69) is 10.6 Å². The highest BCUT2D eigenvalue weighted by Gasteiger charge is 2.50. The Hall–Kier alpha value is -1.69. The fourth-order valence-corrected chi connectivity index (χ4v) is 4.69. The molecule has 3 atom stereocenters. The van der Waals surface area contributed by atoms with Gasteiger partial charge in [-0.15, -0.1) is 0 Å². The second kappa shape index (κ2) is 8.21. The minimum Gasteiger partial charge on any atom is -0.326 e. The molecule has 0 radical (unpaired) electrons. The van der Waals surface area contributed by atoms with Crippen LogP contribution in [0.1, 0.15) is 30.7 Å². The number of amides is 1. The van der Waals surface area contributed by atoms with Gasteiger partial charge >= 0.3 is 0 Å². The van der Waals surface area contributed by atoms with E-state index in [1.165, 1.54) is 6.07 Å². The predicted octanol–water partition coefficient (Wildman–Crippen LogP) is 5.58. The molecule has 2 fully saturated rings. The summed E-state index contributed by atoms with van der Waals surface area (Å²) in [5.74, 6) is -1.69. The molecule has 1 aliphatic carbocycles. The summed E-state index contributed by atoms with van der Waals surface area (Å²) < 4.78 is 28.3. The lowest BCUT2D eigenvalue weighted by Crippen LogP contribution is -2.38. The third-order valence-electron chi connectivity index (χ3n) is 6.14. The van der Waals surface area contributed by atoms with Gasteiger partial charge in [0.2, 0.25) is 5.91 Å². The Labute approximate surface area is 178 Å². The van der Waals surface area contributed by atoms with Crippen molar-refractivity contribution in [3.8, 4) is 0 Å². The van der Waals surface area contributed by atoms with Crippen molar-refractivity contribution in [3.63, 3.8) is 0 Å². The molecule has 2 aromatic carbocycles. The number of anilines is 1. The molecule has 3 unspecified atom stereocenters. The number of alkyl halides is 1. The first-order valence-electron chi connectivity index (χ1n) is 9.72. The lowest BCUT2D eigenvalue weighted by molar-refractivity contribution is -0.120. The van der Waals surface area contributed by atoms with E-state index in [4.69, 9.17) is 23.2 Å². The van der Waals surface area contributed by atoms with E-state index in [1.807, 2.05) is 0 Å². The van der Waals surface area contributed by atoms with Crippen LogP contribution in [-0.4, -0.2) is 25.2 Å². The number of halogens is 4. The van der Waals surface area contributed by atoms with E-state index in [0.29, 0.717) is 29.2 Å². The number of nitrogens with one attached hydrogen (secondary N) is 2. The van der Waals surface area contributed by atoms with Crippen LogP contribution in [0.4, 0.5) is 14.5 Å². The van der Waals surface area contributed by atoms with Crippen LogP contribution in [0.15, 0.2) is 42.5 Å². The van der Waals surface area contributed by atoms with Crippen LogP contribution in [-0.2, 0) is 4.79 Å². The smallest absolute Gasteiger partial charge is 0.229 e. The molecule has 29 heavy (non-hydrogen) atoms. The molecule has 7 heteroatoms. The molecule has 1 saturated heterocycles. The second-order valence-corrected chi connectivity index (χ2v) is 8.97. The van der Waals surface area contributed by atoms with E-state index < -0.39 is 24.3 Å². The van der Waals surface area contributed by atoms with Gasteiger partial charge in [-0.25, -0.2) is 4.39 Å². The number of hydrogen-bond donors (Lipinski definition) is 2. The maximum absolute atomic E-state index is 14.7. The molecule has 2 aliphatic rings. The van der Waals surface area contributed by atoms with Crippen molar-refractivity contribution >= 4 is 34.8 Å². The SMILES string of the molecule is O=C(Nc1cccc(Cl)c1)C1C(CC2(CF)CC2)NCC1c1cccc(Cl)c1F. The highest BCUT2D eigenvalue weighted by atomic mass is 35.5. The fraction of sp³-hybridized carbons (Fsp3) is 0.409. The Morgan fingerprint density at radius 1 is 1.21 bits per heavy atom. The predicted molar refractivity (Wildman–Crippen MR) is 112 cm³/mol. The van der Waals surface area contributed by atoms with Gasteiger partial charge in [0.25, 0.3) is 0 Å². The number of carbonyl (C=O) groups excluding carboxylic acids is 1. The summed E-state index contributed by atoms with van der Waals surface area (Å²) in [6, 6.07) is 11.5. The molecule has 0 bridgehead atoms. The molecular weight excluding hydrogens is 417 g/mol. The van der Waals surface area contributed by atoms with Crippen LogP contribution in [0.3, 0.4) is 0 Å². The minimum absolute atomic E-state index is 0.0300. The van der Waals surface area contributed by atoms with Crippen molar-refractivity contribution in [1.29, 1.82) is 0 Å². The Balaban J connectivity index is 1.63. The van der Waals surface area contributed by atoms with E-state index >= 15 is 0 Å². The summed E-state index contributed by atoms with van der Waals surface area (Å²) in [4.78, 5) is 13.3. The third kappa shape index (κ3) is 4.27. The largest absolute Gasteiger partial charge is 0.326 e. The molecule has 2 aromatic rings. The maximum atomic E-state index is 14.7. The summed E-state index contributed by atoms with van der Waals surface area (Å²) in [5, 5.41) is 6.79. The van der Waals surface area contributed by atoms with Crippen LogP contribution in [0.25, 0.3) is 0 Å². The second-order valence-electron chi connectivity index (χ2n) is 8.13. The topological polar surface area (TPSA) is 41.1 Å². The lowest BCUT2D eigenvalue weighted by atomic mass is 9.81. The number of hydrogen-bond acceptors (Lipinski definition) is 2. The molecule has 1 aliphatic heterocycles. The van der Waals surface area contributed by atoms with E-state index in [1.54, 1.807) is 36.4 Å². The van der Waals surface area contributed by atoms with Gasteiger partial charge < -0.3 is 10.6 Å². The van der Waals surface area contributed by atoms with Crippen molar-refractivity contribution in [2.24, 2.45) is 11.3 Å². The third-order valence-corrected chi connectivity index (χ3v) is 6.66. The molecule has 1 saturated carbocycles. The van der Waals surface area contributed by atoms with E-state index in [0.717, 1.165) is 12.8 Å². The first kappa shape index (κ1) is 20.6. The van der Waals surface area contributed by atoms with E-state index in [-0.39, 0.29) is 22.4 Å². The van der Waals surface area contributed by atoms with Crippen molar-refractivity contribution in [2.75, 3.05) is 18.5 Å². The van der Waals surface area contributed by atoms with Crippen LogP contribution in [0.2, 0.25) is 10.0 Å². The Morgan fingerprint density at radius 2 is 1.97 bits per heavy atom. The first-order chi connectivity index (χ1) is 13.9. The van der Waals surface area contributed by atoms with Crippen molar-refractivity contribution in [1.82, 2.24) is 5.32 Å². The molecule has 0 aromatic heterocycles. The average molecular weight is 439 g/mol. The monoisotopic (exact) mass is 438 g/mol. The van der Waals surface area contributed by atoms with Gasteiger partial charge in [-0.1, -0.05) is 41.4 Å². The van der Waals surface area contributed by atoms with Gasteiger partial charge in [0.05, 0.1) is 17.6 Å². The normalized spacial score (nSPS) is 25.0. The minimum atomic E-state index is -0.550. The van der Waals surface area contributed by atoms with E-state index in [9.17, 15) is 13.6 Å². The average Bonchev–Trinajstić information content (AvgIpc) is 3.35. The zero-order valence-electron chi connectivity index (χ0n) is 15.7. The van der Waals surface area contributed by atoms with Crippen LogP contribution in [0.5, 0.6) is 0 Å². The summed E-state index contributed by atoms with van der Waals surface area (Å²) in [6.07, 6.45) is 2.19. The summed E-state index contributed by atoms with van der Waals surface area (Å²) in [6.45, 7) is 0.0297. The zero-order valence-corrected chi connectivity index (χ0v) is 17.2. The van der Waals surface area contributed by atoms with Gasteiger partial charge in [0.15, 0.2) is 0 Å². The molecule has 4 rings (SSSR count). The van der Waals surface area contributed by atoms with Gasteiger partial charge in [-0.2, -0.15) is 0 Å². The summed E-state index contributed by atoms with van der Waals surface area (Å²) >= 11 is 12.0. The number of benzene rings is 2. The molecule has 3 nitrogen and oxygen atoms in total. The zero-order chi connectivity index (χ0) is 20.6. The van der Waals surface area contributed by atoms with Gasteiger partial charge in [0.1, 0.15) is 5.82 Å². The van der Waals surface area contributed by atoms with Crippen molar-refractivity contribution < 1.29 is 13.6 Å². The maximum Gasteiger partial charge on any atom is 0.229 e. The molecule has 154 valence electrons. The standard InChI is InChI=1S/C22H22Cl2F2N2O/c23-13-3-1-4-14(9-13)28-21(29)19-16(15-5-2-6-17(24)20(15)26)11-27-18(19)10-22(12-25)7-8-22/h1-6,9,16,18-19,27H,7-8,10-12H2,(H,28,29). The summed E-state index contributed by atoms with van der Waals surface area (Å²) in [7, 11) is 0. The van der Waals surface area contributed by atoms with Crippen LogP contribution in [0, 0.1) is 17.2 Å². The first-order valence-corrected chi connectivity index (χ1v) is 10.5. The molecule has 0 spiro atoms. The van der Waals surface area contributed by atoms with Crippen molar-refractivity contribution in [2.45, 2.75) is 31.2 Å². The summed E-state index contributed by atoms with van der Waals surface area (Å²) in [5.41, 5.74) is 0.627. The number of rotatable bonds is 6. The molecule has 1 amide bonds. The lowest BCUT2D eigenvalue weighted by Gasteiger charge is -2.26. The molecular formula is C22H22Cl2F2N2O. The quantitative estimate of drug-likeness (QED) is 0.617. The van der Waals surface area contributed by atoms with Gasteiger partial charge in [0, 0.05) is 34.6 Å². The number of carbonyl (C=O) groups is 1. The molecule has 2 N–H and O–H groups in total.